The van der Waals surface area contributed by atoms with Gasteiger partial charge in [0.2, 0.25) is 5.91 Å². The molecule has 136 valence electrons. The van der Waals surface area contributed by atoms with Gasteiger partial charge >= 0.3 is 6.03 Å². The summed E-state index contributed by atoms with van der Waals surface area (Å²) >= 11 is 0. The van der Waals surface area contributed by atoms with Gasteiger partial charge in [0.25, 0.3) is 0 Å². The molecule has 25 heavy (non-hydrogen) atoms. The van der Waals surface area contributed by atoms with Crippen LogP contribution in [0.1, 0.15) is 24.0 Å². The van der Waals surface area contributed by atoms with E-state index in [1.807, 2.05) is 29.0 Å². The van der Waals surface area contributed by atoms with Gasteiger partial charge in [-0.1, -0.05) is 24.3 Å². The summed E-state index contributed by atoms with van der Waals surface area (Å²) < 4.78 is 0. The third-order valence-electron chi connectivity index (χ3n) is 5.34. The highest BCUT2D eigenvalue weighted by molar-refractivity contribution is 5.78. The molecule has 0 spiro atoms. The maximum Gasteiger partial charge on any atom is 0.317 e. The summed E-state index contributed by atoms with van der Waals surface area (Å²) in [5.41, 5.74) is 2.41. The van der Waals surface area contributed by atoms with Crippen molar-refractivity contribution >= 4 is 11.9 Å². The molecule has 2 aliphatic heterocycles. The maximum absolute atomic E-state index is 12.5. The molecule has 2 heterocycles. The molecule has 1 aromatic carbocycles. The van der Waals surface area contributed by atoms with Crippen molar-refractivity contribution in [2.24, 2.45) is 0 Å². The molecule has 6 nitrogen and oxygen atoms in total. The fourth-order valence-electron chi connectivity index (χ4n) is 3.67. The number of likely N-dealkylation sites (N-methyl/N-ethyl adjacent to an activating group) is 1. The Balaban J connectivity index is 1.46. The predicted molar refractivity (Wildman–Crippen MR) is 97.2 cm³/mol. The highest BCUT2D eigenvalue weighted by atomic mass is 16.2. The number of carbonyl (C=O) groups excluding carboxylic acids is 2. The highest BCUT2D eigenvalue weighted by Crippen LogP contribution is 2.18. The van der Waals surface area contributed by atoms with Crippen LogP contribution < -0.4 is 5.32 Å². The van der Waals surface area contributed by atoms with Crippen molar-refractivity contribution < 1.29 is 9.59 Å². The van der Waals surface area contributed by atoms with Gasteiger partial charge in [-0.05, 0) is 30.9 Å². The van der Waals surface area contributed by atoms with Crippen molar-refractivity contribution in [2.45, 2.75) is 32.4 Å². The number of hydrogen-bond acceptors (Lipinski definition) is 3. The van der Waals surface area contributed by atoms with Gasteiger partial charge in [0.15, 0.2) is 0 Å². The Morgan fingerprint density at radius 2 is 1.96 bits per heavy atom. The minimum absolute atomic E-state index is 0.0625. The number of urea groups is 1. The minimum Gasteiger partial charge on any atom is -0.340 e. The van der Waals surface area contributed by atoms with Gasteiger partial charge in [0.1, 0.15) is 0 Å². The molecule has 2 aliphatic rings. The quantitative estimate of drug-likeness (QED) is 0.879. The van der Waals surface area contributed by atoms with Crippen LogP contribution in [-0.4, -0.2) is 72.5 Å². The molecule has 0 aromatic heterocycles. The summed E-state index contributed by atoms with van der Waals surface area (Å²) in [5, 5.41) is 2.87. The van der Waals surface area contributed by atoms with Crippen molar-refractivity contribution in [3.05, 3.63) is 35.4 Å². The number of aryl methyl sites for hydroxylation is 1. The predicted octanol–water partition coefficient (Wildman–Crippen LogP) is 1.44. The Bertz CT molecular complexity index is 626. The second-order valence-corrected chi connectivity index (χ2v) is 7.11. The van der Waals surface area contributed by atoms with E-state index in [-0.39, 0.29) is 11.9 Å². The average Bonchev–Trinajstić information content (AvgIpc) is 3.03. The fourth-order valence-corrected chi connectivity index (χ4v) is 3.67. The number of nitrogens with one attached hydrogen (secondary N) is 1. The van der Waals surface area contributed by atoms with Crippen LogP contribution in [0.2, 0.25) is 0 Å². The summed E-state index contributed by atoms with van der Waals surface area (Å²) in [6.45, 7) is 6.49. The molecule has 0 radical (unpaired) electrons. The number of benzene rings is 1. The van der Waals surface area contributed by atoms with E-state index in [0.717, 1.165) is 39.0 Å². The van der Waals surface area contributed by atoms with E-state index in [9.17, 15) is 9.59 Å². The number of carbonyl (C=O) groups is 2. The van der Waals surface area contributed by atoms with Gasteiger partial charge in [0, 0.05) is 45.8 Å². The van der Waals surface area contributed by atoms with Crippen LogP contribution in [0.3, 0.4) is 0 Å². The highest BCUT2D eigenvalue weighted by Gasteiger charge is 2.31. The molecule has 0 bridgehead atoms. The number of amides is 3. The zero-order chi connectivity index (χ0) is 17.8. The standard InChI is InChI=1S/C19H28N4O2/c1-15-5-3-4-6-16(15)13-21(2)18(24)14-22-10-7-17(8-11-22)23-12-9-20-19(23)25/h3-6,17H,7-14H2,1-2H3,(H,20,25). The molecule has 1 aromatic rings. The fraction of sp³-hybridized carbons (Fsp3) is 0.579. The summed E-state index contributed by atoms with van der Waals surface area (Å²) in [6, 6.07) is 8.57. The van der Waals surface area contributed by atoms with Gasteiger partial charge in [-0.15, -0.1) is 0 Å². The van der Waals surface area contributed by atoms with E-state index in [0.29, 0.717) is 19.1 Å². The largest absolute Gasteiger partial charge is 0.340 e. The van der Waals surface area contributed by atoms with E-state index >= 15 is 0 Å². The van der Waals surface area contributed by atoms with E-state index in [1.54, 1.807) is 0 Å². The van der Waals surface area contributed by atoms with Gasteiger partial charge in [0.05, 0.1) is 6.54 Å². The van der Waals surface area contributed by atoms with Crippen molar-refractivity contribution in [3.63, 3.8) is 0 Å². The van der Waals surface area contributed by atoms with Crippen molar-refractivity contribution in [1.82, 2.24) is 20.0 Å². The minimum atomic E-state index is 0.0625. The number of piperidine rings is 1. The van der Waals surface area contributed by atoms with Gasteiger partial charge in [-0.2, -0.15) is 0 Å². The molecule has 2 fully saturated rings. The molecule has 3 rings (SSSR count). The zero-order valence-electron chi connectivity index (χ0n) is 15.2. The molecule has 3 amide bonds. The number of hydrogen-bond donors (Lipinski definition) is 1. The average molecular weight is 344 g/mol. The third-order valence-corrected chi connectivity index (χ3v) is 5.34. The smallest absolute Gasteiger partial charge is 0.317 e. The van der Waals surface area contributed by atoms with Gasteiger partial charge in [-0.25, -0.2) is 4.79 Å². The Hall–Kier alpha value is -2.08. The van der Waals surface area contributed by atoms with Crippen LogP contribution in [0.4, 0.5) is 4.79 Å². The third kappa shape index (κ3) is 4.31. The van der Waals surface area contributed by atoms with Crippen LogP contribution in [0.15, 0.2) is 24.3 Å². The maximum atomic E-state index is 12.5. The van der Waals surface area contributed by atoms with Crippen molar-refractivity contribution in [3.8, 4) is 0 Å². The van der Waals surface area contributed by atoms with Crippen LogP contribution in [0.25, 0.3) is 0 Å². The number of likely N-dealkylation sites (tertiary alicyclic amines) is 1. The lowest BCUT2D eigenvalue weighted by Gasteiger charge is -2.36. The van der Waals surface area contributed by atoms with Crippen LogP contribution in [-0.2, 0) is 11.3 Å². The van der Waals surface area contributed by atoms with Crippen molar-refractivity contribution in [1.29, 1.82) is 0 Å². The molecule has 0 aliphatic carbocycles. The van der Waals surface area contributed by atoms with E-state index in [2.05, 4.69) is 29.3 Å². The summed E-state index contributed by atoms with van der Waals surface area (Å²) in [4.78, 5) is 30.3. The second kappa shape index (κ2) is 7.87. The van der Waals surface area contributed by atoms with E-state index in [4.69, 9.17) is 0 Å². The monoisotopic (exact) mass is 344 g/mol. The molecular formula is C19H28N4O2. The second-order valence-electron chi connectivity index (χ2n) is 7.11. The first-order chi connectivity index (χ1) is 12.0. The van der Waals surface area contributed by atoms with Gasteiger partial charge in [-0.3, -0.25) is 9.69 Å². The SMILES string of the molecule is Cc1ccccc1CN(C)C(=O)CN1CCC(N2CCNC2=O)CC1. The Morgan fingerprint density at radius 3 is 2.60 bits per heavy atom. The van der Waals surface area contributed by atoms with Crippen molar-refractivity contribution in [2.75, 3.05) is 39.8 Å². The van der Waals surface area contributed by atoms with Crippen LogP contribution in [0, 0.1) is 6.92 Å². The van der Waals surface area contributed by atoms with Crippen LogP contribution in [0.5, 0.6) is 0 Å². The van der Waals surface area contributed by atoms with E-state index in [1.165, 1.54) is 11.1 Å². The number of nitrogens with zero attached hydrogens (tertiary/aromatic N) is 3. The first-order valence-electron chi connectivity index (χ1n) is 9.10. The molecule has 2 saturated heterocycles. The molecule has 1 N–H and O–H groups in total. The normalized spacial score (nSPS) is 19.1. The molecule has 0 unspecified atom stereocenters. The lowest BCUT2D eigenvalue weighted by atomic mass is 10.0. The Kier molecular flexibility index (Phi) is 5.58. The summed E-state index contributed by atoms with van der Waals surface area (Å²) in [7, 11) is 1.87. The first kappa shape index (κ1) is 17.7. The van der Waals surface area contributed by atoms with E-state index < -0.39 is 0 Å². The lowest BCUT2D eigenvalue weighted by Crippen LogP contribution is -2.48. The molecular weight excluding hydrogens is 316 g/mol. The summed E-state index contributed by atoms with van der Waals surface area (Å²) in [6.07, 6.45) is 1.89. The zero-order valence-corrected chi connectivity index (χ0v) is 15.2. The molecule has 0 atom stereocenters. The number of rotatable bonds is 5. The molecule has 0 saturated carbocycles. The topological polar surface area (TPSA) is 55.9 Å². The Morgan fingerprint density at radius 1 is 1.24 bits per heavy atom. The Labute approximate surface area is 149 Å². The lowest BCUT2D eigenvalue weighted by molar-refractivity contribution is -0.132. The first-order valence-corrected chi connectivity index (χ1v) is 9.10. The van der Waals surface area contributed by atoms with Gasteiger partial charge < -0.3 is 15.1 Å². The van der Waals surface area contributed by atoms with Crippen LogP contribution >= 0.6 is 0 Å². The summed E-state index contributed by atoms with van der Waals surface area (Å²) in [5.74, 6) is 0.153. The molecule has 6 heteroatoms.